The van der Waals surface area contributed by atoms with Crippen LogP contribution in [0.3, 0.4) is 0 Å². The molecule has 0 aromatic rings. The topological polar surface area (TPSA) is 60.9 Å². The maximum Gasteiger partial charge on any atom is 0.321 e. The molecule has 1 amide bonds. The third-order valence-corrected chi connectivity index (χ3v) is 2.98. The number of carboxylic acid groups (broad SMARTS) is 1. The van der Waals surface area contributed by atoms with Crippen LogP contribution >= 0.6 is 0 Å². The Kier molecular flexibility index (Phi) is 4.29. The Morgan fingerprint density at radius 3 is 2.50 bits per heavy atom. The van der Waals surface area contributed by atoms with Gasteiger partial charge in [0.05, 0.1) is 6.54 Å². The van der Waals surface area contributed by atoms with Gasteiger partial charge in [-0.3, -0.25) is 14.5 Å². The standard InChI is InChI=1S/C11H20N2O3/c1-8(2)10(11(15)16)13-6-4-5-12(3)9(14)7-13/h8,10H,4-7H2,1-3H3,(H,15,16). The summed E-state index contributed by atoms with van der Waals surface area (Å²) in [6.45, 7) is 5.34. The number of hydrogen-bond acceptors (Lipinski definition) is 3. The van der Waals surface area contributed by atoms with Gasteiger partial charge in [-0.25, -0.2) is 0 Å². The van der Waals surface area contributed by atoms with E-state index < -0.39 is 12.0 Å². The second kappa shape index (κ2) is 5.30. The Hall–Kier alpha value is -1.10. The predicted octanol–water partition coefficient (Wildman–Crippen LogP) is 0.260. The summed E-state index contributed by atoms with van der Waals surface area (Å²) in [5.74, 6) is -0.828. The first kappa shape index (κ1) is 13.0. The molecule has 1 rings (SSSR count). The molecule has 1 unspecified atom stereocenters. The Balaban J connectivity index is 2.77. The van der Waals surface area contributed by atoms with Crippen molar-refractivity contribution in [1.29, 1.82) is 0 Å². The third-order valence-electron chi connectivity index (χ3n) is 2.98. The largest absolute Gasteiger partial charge is 0.480 e. The van der Waals surface area contributed by atoms with Crippen molar-refractivity contribution >= 4 is 11.9 Å². The highest BCUT2D eigenvalue weighted by Gasteiger charge is 2.31. The molecular formula is C11H20N2O3. The highest BCUT2D eigenvalue weighted by atomic mass is 16.4. The van der Waals surface area contributed by atoms with E-state index >= 15 is 0 Å². The summed E-state index contributed by atoms with van der Waals surface area (Å²) in [5.41, 5.74) is 0. The van der Waals surface area contributed by atoms with E-state index in [0.29, 0.717) is 13.1 Å². The van der Waals surface area contributed by atoms with Crippen molar-refractivity contribution in [3.63, 3.8) is 0 Å². The minimum Gasteiger partial charge on any atom is -0.480 e. The lowest BCUT2D eigenvalue weighted by Crippen LogP contribution is -2.47. The molecule has 0 bridgehead atoms. The molecule has 0 aromatic heterocycles. The van der Waals surface area contributed by atoms with Crippen LogP contribution in [-0.4, -0.2) is 59.5 Å². The highest BCUT2D eigenvalue weighted by Crippen LogP contribution is 2.14. The van der Waals surface area contributed by atoms with E-state index in [1.807, 2.05) is 13.8 Å². The molecule has 1 fully saturated rings. The average Bonchev–Trinajstić information content (AvgIpc) is 2.29. The van der Waals surface area contributed by atoms with Crippen molar-refractivity contribution in [3.05, 3.63) is 0 Å². The van der Waals surface area contributed by atoms with Crippen molar-refractivity contribution in [1.82, 2.24) is 9.80 Å². The molecule has 1 atom stereocenters. The number of aliphatic carboxylic acids is 1. The van der Waals surface area contributed by atoms with Gasteiger partial charge >= 0.3 is 5.97 Å². The minimum atomic E-state index is -0.840. The van der Waals surface area contributed by atoms with Crippen LogP contribution in [0.2, 0.25) is 0 Å². The minimum absolute atomic E-state index is 0.00407. The second-order valence-corrected chi connectivity index (χ2v) is 4.67. The van der Waals surface area contributed by atoms with E-state index in [-0.39, 0.29) is 18.4 Å². The van der Waals surface area contributed by atoms with Crippen LogP contribution in [0, 0.1) is 5.92 Å². The zero-order valence-electron chi connectivity index (χ0n) is 10.1. The van der Waals surface area contributed by atoms with Gasteiger partial charge in [-0.05, 0) is 12.3 Å². The van der Waals surface area contributed by atoms with Gasteiger partial charge in [0.15, 0.2) is 0 Å². The van der Waals surface area contributed by atoms with Crippen LogP contribution < -0.4 is 0 Å². The molecule has 0 spiro atoms. The molecule has 0 aliphatic carbocycles. The summed E-state index contributed by atoms with van der Waals surface area (Å²) < 4.78 is 0. The first-order chi connectivity index (χ1) is 7.43. The second-order valence-electron chi connectivity index (χ2n) is 4.67. The summed E-state index contributed by atoms with van der Waals surface area (Å²) >= 11 is 0. The molecule has 1 saturated heterocycles. The van der Waals surface area contributed by atoms with Gasteiger partial charge in [0.25, 0.3) is 0 Å². The third kappa shape index (κ3) is 2.95. The first-order valence-electron chi connectivity index (χ1n) is 5.64. The van der Waals surface area contributed by atoms with E-state index in [4.69, 9.17) is 0 Å². The fourth-order valence-electron chi connectivity index (χ4n) is 2.11. The van der Waals surface area contributed by atoms with Crippen molar-refractivity contribution in [2.45, 2.75) is 26.3 Å². The molecule has 5 heteroatoms. The molecule has 0 aromatic carbocycles. The van der Waals surface area contributed by atoms with Gasteiger partial charge in [0.1, 0.15) is 6.04 Å². The van der Waals surface area contributed by atoms with Crippen molar-refractivity contribution in [3.8, 4) is 0 Å². The van der Waals surface area contributed by atoms with Crippen molar-refractivity contribution in [2.75, 3.05) is 26.7 Å². The van der Waals surface area contributed by atoms with E-state index in [1.165, 1.54) is 0 Å². The summed E-state index contributed by atoms with van der Waals surface area (Å²) in [5, 5.41) is 9.17. The van der Waals surface area contributed by atoms with Crippen LogP contribution in [-0.2, 0) is 9.59 Å². The Morgan fingerprint density at radius 1 is 1.38 bits per heavy atom. The first-order valence-corrected chi connectivity index (χ1v) is 5.64. The Labute approximate surface area is 96.0 Å². The lowest BCUT2D eigenvalue weighted by Gasteiger charge is -2.29. The maximum atomic E-state index is 11.7. The summed E-state index contributed by atoms with van der Waals surface area (Å²) in [6.07, 6.45) is 0.832. The molecule has 0 saturated carbocycles. The average molecular weight is 228 g/mol. The number of nitrogens with zero attached hydrogens (tertiary/aromatic N) is 2. The molecule has 1 aliphatic rings. The number of likely N-dealkylation sites (N-methyl/N-ethyl adjacent to an activating group) is 1. The van der Waals surface area contributed by atoms with E-state index in [2.05, 4.69) is 0 Å². The Bertz CT molecular complexity index is 278. The zero-order chi connectivity index (χ0) is 12.3. The normalized spacial score (nSPS) is 21.0. The molecule has 1 N–H and O–H groups in total. The Morgan fingerprint density at radius 2 is 2.00 bits per heavy atom. The van der Waals surface area contributed by atoms with Crippen LogP contribution in [0.4, 0.5) is 0 Å². The molecule has 0 radical (unpaired) electrons. The summed E-state index contributed by atoms with van der Waals surface area (Å²) in [6, 6.07) is -0.560. The van der Waals surface area contributed by atoms with Gasteiger partial charge in [-0.2, -0.15) is 0 Å². The van der Waals surface area contributed by atoms with E-state index in [1.54, 1.807) is 16.8 Å². The summed E-state index contributed by atoms with van der Waals surface area (Å²) in [4.78, 5) is 26.3. The molecule has 5 nitrogen and oxygen atoms in total. The van der Waals surface area contributed by atoms with Crippen LogP contribution in [0.15, 0.2) is 0 Å². The van der Waals surface area contributed by atoms with E-state index in [0.717, 1.165) is 6.42 Å². The molecule has 16 heavy (non-hydrogen) atoms. The number of amides is 1. The summed E-state index contributed by atoms with van der Waals surface area (Å²) in [7, 11) is 1.76. The van der Waals surface area contributed by atoms with Crippen LogP contribution in [0.25, 0.3) is 0 Å². The smallest absolute Gasteiger partial charge is 0.321 e. The predicted molar refractivity (Wildman–Crippen MR) is 60.1 cm³/mol. The fourth-order valence-corrected chi connectivity index (χ4v) is 2.11. The number of carbonyl (C=O) groups excluding carboxylic acids is 1. The highest BCUT2D eigenvalue weighted by molar-refractivity contribution is 5.80. The van der Waals surface area contributed by atoms with Gasteiger partial charge in [0, 0.05) is 20.1 Å². The quantitative estimate of drug-likeness (QED) is 0.752. The van der Waals surface area contributed by atoms with Gasteiger partial charge in [-0.15, -0.1) is 0 Å². The maximum absolute atomic E-state index is 11.7. The molecule has 1 heterocycles. The lowest BCUT2D eigenvalue weighted by atomic mass is 10.0. The molecular weight excluding hydrogens is 208 g/mol. The van der Waals surface area contributed by atoms with Crippen LogP contribution in [0.1, 0.15) is 20.3 Å². The molecule has 92 valence electrons. The van der Waals surface area contributed by atoms with Crippen molar-refractivity contribution < 1.29 is 14.7 Å². The number of carboxylic acids is 1. The number of hydrogen-bond donors (Lipinski definition) is 1. The number of carbonyl (C=O) groups is 2. The van der Waals surface area contributed by atoms with E-state index in [9.17, 15) is 14.7 Å². The monoisotopic (exact) mass is 228 g/mol. The number of rotatable bonds is 3. The SMILES string of the molecule is CC(C)C(C(=O)O)N1CCCN(C)C(=O)C1. The van der Waals surface area contributed by atoms with Crippen molar-refractivity contribution in [2.24, 2.45) is 5.92 Å². The van der Waals surface area contributed by atoms with Gasteiger partial charge in [-0.1, -0.05) is 13.8 Å². The lowest BCUT2D eigenvalue weighted by molar-refractivity contribution is -0.145. The fraction of sp³-hybridized carbons (Fsp3) is 0.818. The van der Waals surface area contributed by atoms with Gasteiger partial charge < -0.3 is 10.0 Å². The van der Waals surface area contributed by atoms with Crippen LogP contribution in [0.5, 0.6) is 0 Å². The van der Waals surface area contributed by atoms with Gasteiger partial charge in [0.2, 0.25) is 5.91 Å². The molecule has 1 aliphatic heterocycles. The zero-order valence-corrected chi connectivity index (χ0v) is 10.1.